The largest absolute Gasteiger partial charge is 0.394 e. The number of para-hydroxylation sites is 1. The molecule has 0 radical (unpaired) electrons. The maximum absolute atomic E-state index is 12.1. The van der Waals surface area contributed by atoms with Crippen LogP contribution in [0.4, 0.5) is 5.69 Å². The highest BCUT2D eigenvalue weighted by Crippen LogP contribution is 2.26. The molecule has 19 heavy (non-hydrogen) atoms. The van der Waals surface area contributed by atoms with Gasteiger partial charge in [0.05, 0.1) is 6.61 Å². The number of anilines is 1. The Morgan fingerprint density at radius 1 is 1.47 bits per heavy atom. The van der Waals surface area contributed by atoms with E-state index >= 15 is 0 Å². The maximum Gasteiger partial charge on any atom is 0.243 e. The quantitative estimate of drug-likeness (QED) is 0.838. The van der Waals surface area contributed by atoms with Gasteiger partial charge in [0, 0.05) is 18.2 Å². The average molecular weight is 262 g/mol. The van der Waals surface area contributed by atoms with Crippen molar-refractivity contribution in [2.24, 2.45) is 0 Å². The number of carbonyl (C=O) groups is 2. The second-order valence-electron chi connectivity index (χ2n) is 4.75. The highest BCUT2D eigenvalue weighted by molar-refractivity contribution is 6.03. The molecule has 102 valence electrons. The normalized spacial score (nSPS) is 20.4. The molecule has 5 heteroatoms. The van der Waals surface area contributed by atoms with Crippen LogP contribution in [0.15, 0.2) is 30.3 Å². The van der Waals surface area contributed by atoms with E-state index in [2.05, 4.69) is 5.32 Å². The van der Waals surface area contributed by atoms with Crippen LogP contribution in [0.25, 0.3) is 0 Å². The summed E-state index contributed by atoms with van der Waals surface area (Å²) in [5.41, 5.74) is 0.738. The first kappa shape index (κ1) is 13.5. The van der Waals surface area contributed by atoms with Crippen LogP contribution in [0.3, 0.4) is 0 Å². The molecular weight excluding hydrogens is 244 g/mol. The Labute approximate surface area is 112 Å². The van der Waals surface area contributed by atoms with Gasteiger partial charge in [0.2, 0.25) is 11.8 Å². The zero-order valence-corrected chi connectivity index (χ0v) is 10.9. The summed E-state index contributed by atoms with van der Waals surface area (Å²) in [6.07, 6.45) is 0.887. The lowest BCUT2D eigenvalue weighted by Crippen LogP contribution is -2.48. The Morgan fingerprint density at radius 2 is 2.16 bits per heavy atom. The van der Waals surface area contributed by atoms with Crippen LogP contribution in [0.2, 0.25) is 0 Å². The molecule has 2 rings (SSSR count). The van der Waals surface area contributed by atoms with Crippen LogP contribution in [0.5, 0.6) is 0 Å². The topological polar surface area (TPSA) is 69.6 Å². The van der Waals surface area contributed by atoms with Crippen molar-refractivity contribution in [2.75, 3.05) is 11.5 Å². The van der Waals surface area contributed by atoms with Crippen molar-refractivity contribution in [1.29, 1.82) is 0 Å². The van der Waals surface area contributed by atoms with Crippen LogP contribution in [0.1, 0.15) is 19.8 Å². The summed E-state index contributed by atoms with van der Waals surface area (Å²) >= 11 is 0. The fourth-order valence-corrected chi connectivity index (χ4v) is 2.23. The van der Waals surface area contributed by atoms with Crippen LogP contribution in [-0.2, 0) is 9.59 Å². The molecule has 2 N–H and O–H groups in total. The number of nitrogens with zero attached hydrogens (tertiary/aromatic N) is 1. The Kier molecular flexibility index (Phi) is 4.16. The number of benzene rings is 1. The number of nitrogens with one attached hydrogen (secondary N) is 1. The molecule has 1 aromatic rings. The predicted molar refractivity (Wildman–Crippen MR) is 71.6 cm³/mol. The van der Waals surface area contributed by atoms with Gasteiger partial charge in [-0.15, -0.1) is 0 Å². The smallest absolute Gasteiger partial charge is 0.243 e. The van der Waals surface area contributed by atoms with Gasteiger partial charge < -0.3 is 10.4 Å². The van der Waals surface area contributed by atoms with Crippen LogP contribution in [-0.4, -0.2) is 35.6 Å². The Balaban J connectivity index is 2.16. The SMILES string of the molecule is CC(CO)NC(=O)C1CCC(=O)N1c1ccccc1. The van der Waals surface area contributed by atoms with Gasteiger partial charge in [0.25, 0.3) is 0 Å². The predicted octanol–water partition coefficient (Wildman–Crippen LogP) is 0.679. The van der Waals surface area contributed by atoms with Crippen molar-refractivity contribution in [3.63, 3.8) is 0 Å². The van der Waals surface area contributed by atoms with Crippen LogP contribution in [0, 0.1) is 0 Å². The maximum atomic E-state index is 12.1. The number of hydrogen-bond donors (Lipinski definition) is 2. The van der Waals surface area contributed by atoms with E-state index in [1.54, 1.807) is 11.8 Å². The zero-order valence-electron chi connectivity index (χ0n) is 10.9. The molecule has 1 aromatic carbocycles. The van der Waals surface area contributed by atoms with E-state index < -0.39 is 6.04 Å². The van der Waals surface area contributed by atoms with Crippen LogP contribution < -0.4 is 10.2 Å². The van der Waals surface area contributed by atoms with Crippen molar-refractivity contribution >= 4 is 17.5 Å². The summed E-state index contributed by atoms with van der Waals surface area (Å²) in [5, 5.41) is 11.7. The molecular formula is C14H18N2O3. The van der Waals surface area contributed by atoms with E-state index in [0.29, 0.717) is 12.8 Å². The monoisotopic (exact) mass is 262 g/mol. The molecule has 0 bridgehead atoms. The van der Waals surface area contributed by atoms with Gasteiger partial charge in [-0.2, -0.15) is 0 Å². The summed E-state index contributed by atoms with van der Waals surface area (Å²) < 4.78 is 0. The highest BCUT2D eigenvalue weighted by atomic mass is 16.3. The minimum Gasteiger partial charge on any atom is -0.394 e. The molecule has 1 fully saturated rings. The number of aliphatic hydroxyl groups is 1. The Bertz CT molecular complexity index is 461. The molecule has 0 aliphatic carbocycles. The first-order valence-electron chi connectivity index (χ1n) is 6.42. The third-order valence-corrected chi connectivity index (χ3v) is 3.21. The van der Waals surface area contributed by atoms with Crippen molar-refractivity contribution in [3.05, 3.63) is 30.3 Å². The fraction of sp³-hybridized carbons (Fsp3) is 0.429. The molecule has 5 nitrogen and oxygen atoms in total. The number of aliphatic hydroxyl groups excluding tert-OH is 1. The first-order chi connectivity index (χ1) is 9.13. The van der Waals surface area contributed by atoms with Gasteiger partial charge in [-0.1, -0.05) is 18.2 Å². The van der Waals surface area contributed by atoms with Gasteiger partial charge in [0.15, 0.2) is 0 Å². The number of rotatable bonds is 4. The molecule has 0 saturated carbocycles. The first-order valence-corrected chi connectivity index (χ1v) is 6.42. The van der Waals surface area contributed by atoms with Gasteiger partial charge in [-0.3, -0.25) is 14.5 Å². The third kappa shape index (κ3) is 2.93. The van der Waals surface area contributed by atoms with E-state index in [1.807, 2.05) is 30.3 Å². The standard InChI is InChI=1S/C14H18N2O3/c1-10(9-17)15-14(19)12-7-8-13(18)16(12)11-5-3-2-4-6-11/h2-6,10,12,17H,7-9H2,1H3,(H,15,19). The van der Waals surface area contributed by atoms with Crippen molar-refractivity contribution in [3.8, 4) is 0 Å². The lowest BCUT2D eigenvalue weighted by molar-refractivity contribution is -0.124. The van der Waals surface area contributed by atoms with Gasteiger partial charge in [0.1, 0.15) is 6.04 Å². The molecule has 0 aromatic heterocycles. The second-order valence-corrected chi connectivity index (χ2v) is 4.75. The van der Waals surface area contributed by atoms with Gasteiger partial charge >= 0.3 is 0 Å². The fourth-order valence-electron chi connectivity index (χ4n) is 2.23. The van der Waals surface area contributed by atoms with E-state index in [0.717, 1.165) is 5.69 Å². The summed E-state index contributed by atoms with van der Waals surface area (Å²) in [5.74, 6) is -0.251. The lowest BCUT2D eigenvalue weighted by Gasteiger charge is -2.25. The second kappa shape index (κ2) is 5.84. The number of amides is 2. The summed E-state index contributed by atoms with van der Waals surface area (Å²) in [6.45, 7) is 1.61. The zero-order chi connectivity index (χ0) is 13.8. The molecule has 1 aliphatic rings. The van der Waals surface area contributed by atoms with Crippen molar-refractivity contribution in [1.82, 2.24) is 5.32 Å². The molecule has 1 aliphatic heterocycles. The summed E-state index contributed by atoms with van der Waals surface area (Å²) in [4.78, 5) is 25.6. The third-order valence-electron chi connectivity index (χ3n) is 3.21. The lowest BCUT2D eigenvalue weighted by atomic mass is 10.2. The van der Waals surface area contributed by atoms with Gasteiger partial charge in [-0.25, -0.2) is 0 Å². The van der Waals surface area contributed by atoms with E-state index in [4.69, 9.17) is 5.11 Å². The van der Waals surface area contributed by atoms with E-state index in [-0.39, 0.29) is 24.5 Å². The average Bonchev–Trinajstić information content (AvgIpc) is 2.81. The minimum atomic E-state index is -0.483. The number of carbonyl (C=O) groups excluding carboxylic acids is 2. The highest BCUT2D eigenvalue weighted by Gasteiger charge is 2.37. The van der Waals surface area contributed by atoms with Gasteiger partial charge in [-0.05, 0) is 25.5 Å². The minimum absolute atomic E-state index is 0.0389. The van der Waals surface area contributed by atoms with Crippen molar-refractivity contribution < 1.29 is 14.7 Å². The number of hydrogen-bond acceptors (Lipinski definition) is 3. The van der Waals surface area contributed by atoms with Crippen molar-refractivity contribution in [2.45, 2.75) is 31.8 Å². The summed E-state index contributed by atoms with van der Waals surface area (Å²) in [7, 11) is 0. The molecule has 1 heterocycles. The molecule has 1 saturated heterocycles. The van der Waals surface area contributed by atoms with Crippen LogP contribution >= 0.6 is 0 Å². The van der Waals surface area contributed by atoms with E-state index in [9.17, 15) is 9.59 Å². The molecule has 2 amide bonds. The molecule has 2 atom stereocenters. The van der Waals surface area contributed by atoms with E-state index in [1.165, 1.54) is 0 Å². The summed E-state index contributed by atoms with van der Waals surface area (Å²) in [6, 6.07) is 8.40. The molecule has 2 unspecified atom stereocenters. The molecule has 0 spiro atoms. The Hall–Kier alpha value is -1.88. The Morgan fingerprint density at radius 3 is 2.79 bits per heavy atom.